The average molecular weight is 464 g/mol. The smallest absolute Gasteiger partial charge is 0.261 e. The van der Waals surface area contributed by atoms with Crippen LogP contribution >= 0.6 is 15.9 Å². The normalized spacial score (nSPS) is 11.5. The fourth-order valence-corrected chi connectivity index (χ4v) is 3.24. The Labute approximate surface area is 181 Å². The van der Waals surface area contributed by atoms with Crippen LogP contribution in [-0.2, 0) is 0 Å². The molecule has 1 heterocycles. The molecule has 0 aliphatic heterocycles. The van der Waals surface area contributed by atoms with Gasteiger partial charge in [-0.1, -0.05) is 40.2 Å². The number of nitrogens with zero attached hydrogens (tertiary/aromatic N) is 1. The van der Waals surface area contributed by atoms with Crippen molar-refractivity contribution in [3.63, 3.8) is 0 Å². The third-order valence-electron chi connectivity index (χ3n) is 4.48. The van der Waals surface area contributed by atoms with Crippen LogP contribution in [0.5, 0.6) is 5.75 Å². The van der Waals surface area contributed by atoms with Crippen molar-refractivity contribution in [2.45, 2.75) is 6.92 Å². The Morgan fingerprint density at radius 3 is 2.57 bits per heavy atom. The van der Waals surface area contributed by atoms with Crippen molar-refractivity contribution in [1.29, 1.82) is 0 Å². The molecule has 1 amide bonds. The molecular formula is C23H18BrN3O3. The lowest BCUT2D eigenvalue weighted by molar-refractivity contribution is 0.102. The molecule has 7 heteroatoms. The van der Waals surface area contributed by atoms with E-state index >= 15 is 0 Å². The highest BCUT2D eigenvalue weighted by Crippen LogP contribution is 2.22. The van der Waals surface area contributed by atoms with E-state index in [1.165, 1.54) is 6.07 Å². The second kappa shape index (κ2) is 8.42. The number of aryl methyl sites for hydroxylation is 1. The molecule has 0 saturated carbocycles. The van der Waals surface area contributed by atoms with E-state index in [-0.39, 0.29) is 16.9 Å². The van der Waals surface area contributed by atoms with Gasteiger partial charge in [0.05, 0.1) is 5.69 Å². The summed E-state index contributed by atoms with van der Waals surface area (Å²) >= 11 is 3.44. The van der Waals surface area contributed by atoms with Crippen molar-refractivity contribution >= 4 is 44.2 Å². The molecule has 0 aliphatic carbocycles. The lowest BCUT2D eigenvalue weighted by Crippen LogP contribution is -2.22. The number of fused-ring (bicyclic) bond motifs is 1. The van der Waals surface area contributed by atoms with Gasteiger partial charge >= 0.3 is 0 Å². The van der Waals surface area contributed by atoms with Gasteiger partial charge in [-0.2, -0.15) is 0 Å². The van der Waals surface area contributed by atoms with Crippen molar-refractivity contribution in [2.24, 2.45) is 5.10 Å². The summed E-state index contributed by atoms with van der Waals surface area (Å²) in [6.07, 6.45) is 0. The molecule has 0 spiro atoms. The minimum Gasteiger partial charge on any atom is -0.508 e. The summed E-state index contributed by atoms with van der Waals surface area (Å²) in [7, 11) is 0. The molecule has 0 saturated heterocycles. The Bertz CT molecular complexity index is 1300. The molecular weight excluding hydrogens is 446 g/mol. The molecule has 1 aromatic heterocycles. The summed E-state index contributed by atoms with van der Waals surface area (Å²) < 4.78 is 6.78. The number of amides is 1. The van der Waals surface area contributed by atoms with E-state index < -0.39 is 5.91 Å². The number of para-hydroxylation sites is 1. The summed E-state index contributed by atoms with van der Waals surface area (Å²) in [5.74, 6) is -0.298. The Morgan fingerprint density at radius 2 is 1.80 bits per heavy atom. The van der Waals surface area contributed by atoms with Crippen LogP contribution in [0.25, 0.3) is 11.0 Å². The van der Waals surface area contributed by atoms with Crippen molar-refractivity contribution in [2.75, 3.05) is 10.7 Å². The molecule has 0 radical (unpaired) electrons. The first-order chi connectivity index (χ1) is 14.5. The average Bonchev–Trinajstić information content (AvgIpc) is 2.75. The number of phenols is 1. The van der Waals surface area contributed by atoms with Gasteiger partial charge in [0, 0.05) is 21.6 Å². The largest absolute Gasteiger partial charge is 0.508 e. The Kier molecular flexibility index (Phi) is 5.54. The lowest BCUT2D eigenvalue weighted by Gasteiger charge is -2.09. The Hall–Kier alpha value is -3.58. The lowest BCUT2D eigenvalue weighted by atomic mass is 10.1. The van der Waals surface area contributed by atoms with E-state index in [0.717, 1.165) is 21.1 Å². The van der Waals surface area contributed by atoms with Crippen molar-refractivity contribution in [3.05, 3.63) is 94.0 Å². The van der Waals surface area contributed by atoms with Crippen LogP contribution in [0.1, 0.15) is 15.9 Å². The summed E-state index contributed by atoms with van der Waals surface area (Å²) in [6, 6.07) is 21.6. The molecule has 4 aromatic rings. The number of nitrogens with one attached hydrogen (secondary N) is 2. The standard InChI is InChI=1S/C23H18BrN3O3/c1-14-7-9-18(13-20(14)28)25-22(29)19-12-15-11-16(24)8-10-21(15)30-23(19)27-26-17-5-3-2-4-6-17/h2-13,26,28H,1H3,(H,25,29)/b27-23-. The Morgan fingerprint density at radius 1 is 1.00 bits per heavy atom. The van der Waals surface area contributed by atoms with Crippen LogP contribution in [0.15, 0.2) is 86.8 Å². The highest BCUT2D eigenvalue weighted by Gasteiger charge is 2.14. The van der Waals surface area contributed by atoms with Crippen molar-refractivity contribution in [3.8, 4) is 5.75 Å². The van der Waals surface area contributed by atoms with E-state index in [2.05, 4.69) is 31.8 Å². The number of halogens is 1. The van der Waals surface area contributed by atoms with Gasteiger partial charge in [-0.25, -0.2) is 0 Å². The predicted octanol–water partition coefficient (Wildman–Crippen LogP) is 5.39. The zero-order chi connectivity index (χ0) is 21.1. The van der Waals surface area contributed by atoms with E-state index in [1.54, 1.807) is 31.2 Å². The maximum absolute atomic E-state index is 13.0. The Balaban J connectivity index is 1.76. The van der Waals surface area contributed by atoms with E-state index in [1.807, 2.05) is 42.5 Å². The molecule has 3 N–H and O–H groups in total. The number of hydrogen-bond donors (Lipinski definition) is 3. The van der Waals surface area contributed by atoms with Gasteiger partial charge in [-0.05, 0) is 55.0 Å². The summed E-state index contributed by atoms with van der Waals surface area (Å²) in [4.78, 5) is 13.0. The molecule has 0 fully saturated rings. The molecule has 0 atom stereocenters. The summed E-state index contributed by atoms with van der Waals surface area (Å²) in [6.45, 7) is 1.78. The highest BCUT2D eigenvalue weighted by atomic mass is 79.9. The van der Waals surface area contributed by atoms with E-state index in [0.29, 0.717) is 11.3 Å². The molecule has 150 valence electrons. The molecule has 30 heavy (non-hydrogen) atoms. The summed E-state index contributed by atoms with van der Waals surface area (Å²) in [5, 5.41) is 17.8. The fourth-order valence-electron chi connectivity index (χ4n) is 2.86. The second-order valence-electron chi connectivity index (χ2n) is 6.69. The number of carbonyl (C=O) groups excluding carboxylic acids is 1. The number of hydrogen-bond acceptors (Lipinski definition) is 5. The fraction of sp³-hybridized carbons (Fsp3) is 0.0435. The number of phenolic OH excluding ortho intramolecular Hbond substituents is 1. The van der Waals surface area contributed by atoms with E-state index in [4.69, 9.17) is 4.42 Å². The molecule has 0 aliphatic rings. The van der Waals surface area contributed by atoms with Crippen molar-refractivity contribution < 1.29 is 14.3 Å². The third kappa shape index (κ3) is 4.36. The third-order valence-corrected chi connectivity index (χ3v) is 4.97. The maximum Gasteiger partial charge on any atom is 0.261 e. The molecule has 0 bridgehead atoms. The zero-order valence-electron chi connectivity index (χ0n) is 16.0. The SMILES string of the molecule is Cc1ccc(NC(=O)c2cc3cc(Br)ccc3o/c2=N\Nc2ccccc2)cc1O. The van der Waals surface area contributed by atoms with Gasteiger partial charge < -0.3 is 14.8 Å². The number of benzene rings is 3. The highest BCUT2D eigenvalue weighted by molar-refractivity contribution is 9.10. The van der Waals surface area contributed by atoms with Crippen LogP contribution in [0, 0.1) is 6.92 Å². The van der Waals surface area contributed by atoms with Gasteiger partial charge in [0.2, 0.25) is 5.55 Å². The summed E-state index contributed by atoms with van der Waals surface area (Å²) in [5.41, 5.74) is 5.86. The minimum absolute atomic E-state index is 0.107. The number of rotatable bonds is 4. The van der Waals surface area contributed by atoms with Crippen LogP contribution < -0.4 is 16.3 Å². The van der Waals surface area contributed by atoms with Crippen LogP contribution in [0.2, 0.25) is 0 Å². The van der Waals surface area contributed by atoms with Gasteiger partial charge in [-0.3, -0.25) is 10.2 Å². The first-order valence-electron chi connectivity index (χ1n) is 9.19. The van der Waals surface area contributed by atoms with Crippen molar-refractivity contribution in [1.82, 2.24) is 0 Å². The van der Waals surface area contributed by atoms with Gasteiger partial charge in [0.25, 0.3) is 5.91 Å². The quantitative estimate of drug-likeness (QED) is 0.354. The van der Waals surface area contributed by atoms with E-state index in [9.17, 15) is 9.90 Å². The van der Waals surface area contributed by atoms with Gasteiger partial charge in [0.1, 0.15) is 16.9 Å². The zero-order valence-corrected chi connectivity index (χ0v) is 17.6. The van der Waals surface area contributed by atoms with Crippen LogP contribution in [0.3, 0.4) is 0 Å². The number of carbonyl (C=O) groups is 1. The van der Waals surface area contributed by atoms with Gasteiger partial charge in [-0.15, -0.1) is 5.10 Å². The van der Waals surface area contributed by atoms with Crippen LogP contribution in [-0.4, -0.2) is 11.0 Å². The number of aromatic hydroxyl groups is 1. The molecule has 3 aromatic carbocycles. The molecule has 0 unspecified atom stereocenters. The minimum atomic E-state index is -0.405. The molecule has 4 rings (SSSR count). The van der Waals surface area contributed by atoms with Crippen LogP contribution in [0.4, 0.5) is 11.4 Å². The topological polar surface area (TPSA) is 86.9 Å². The second-order valence-corrected chi connectivity index (χ2v) is 7.61. The first kappa shape index (κ1) is 19.7. The van der Waals surface area contributed by atoms with Gasteiger partial charge in [0.15, 0.2) is 0 Å². The predicted molar refractivity (Wildman–Crippen MR) is 120 cm³/mol. The first-order valence-corrected chi connectivity index (χ1v) is 9.98. The maximum atomic E-state index is 13.0. The monoisotopic (exact) mass is 463 g/mol. The number of anilines is 2. The molecule has 6 nitrogen and oxygen atoms in total.